The van der Waals surface area contributed by atoms with Crippen molar-refractivity contribution in [3.8, 4) is 0 Å². The fourth-order valence-corrected chi connectivity index (χ4v) is 3.12. The topological polar surface area (TPSA) is 29.9 Å². The Bertz CT molecular complexity index is 416. The molecule has 1 aliphatic rings. The van der Waals surface area contributed by atoms with Crippen LogP contribution in [0.2, 0.25) is 0 Å². The van der Waals surface area contributed by atoms with Gasteiger partial charge in [-0.3, -0.25) is 0 Å². The first-order valence-corrected chi connectivity index (χ1v) is 7.29. The first kappa shape index (κ1) is 13.6. The zero-order valence-corrected chi connectivity index (χ0v) is 12.5. The van der Waals surface area contributed by atoms with Gasteiger partial charge in [0.1, 0.15) is 5.82 Å². The van der Waals surface area contributed by atoms with E-state index in [9.17, 15) is 0 Å². The van der Waals surface area contributed by atoms with Gasteiger partial charge in [-0.05, 0) is 20.3 Å². The lowest BCUT2D eigenvalue weighted by molar-refractivity contribution is 0.300. The molecule has 0 aliphatic carbocycles. The molecule has 0 saturated heterocycles. The Morgan fingerprint density at radius 3 is 2.72 bits per heavy atom. The van der Waals surface area contributed by atoms with Crippen LogP contribution in [0.1, 0.15) is 70.6 Å². The predicted octanol–water partition coefficient (Wildman–Crippen LogP) is 3.19. The summed E-state index contributed by atoms with van der Waals surface area (Å²) in [5.41, 5.74) is 2.93. The summed E-state index contributed by atoms with van der Waals surface area (Å²) in [4.78, 5) is 4.90. The fraction of sp³-hybridized carbons (Fsp3) is 0.800. The monoisotopic (exact) mass is 249 g/mol. The van der Waals surface area contributed by atoms with Crippen LogP contribution in [0.5, 0.6) is 0 Å². The smallest absolute Gasteiger partial charge is 0.112 e. The van der Waals surface area contributed by atoms with E-state index in [1.165, 1.54) is 30.1 Å². The number of rotatable bonds is 4. The second-order valence-electron chi connectivity index (χ2n) is 6.34. The first-order valence-electron chi connectivity index (χ1n) is 7.29. The molecule has 0 aromatic carbocycles. The highest BCUT2D eigenvalue weighted by Gasteiger charge is 2.30. The minimum atomic E-state index is 0.187. The van der Waals surface area contributed by atoms with Crippen LogP contribution < -0.4 is 5.32 Å². The van der Waals surface area contributed by atoms with Crippen LogP contribution >= 0.6 is 0 Å². The van der Waals surface area contributed by atoms with Crippen LogP contribution in [0.15, 0.2) is 0 Å². The molecule has 0 bridgehead atoms. The molecule has 0 spiro atoms. The molecule has 0 radical (unpaired) electrons. The molecule has 1 aromatic heterocycles. The van der Waals surface area contributed by atoms with Crippen LogP contribution in [-0.4, -0.2) is 16.1 Å². The molecule has 0 amide bonds. The van der Waals surface area contributed by atoms with E-state index in [0.29, 0.717) is 5.92 Å². The average Bonchev–Trinajstić information content (AvgIpc) is 2.68. The minimum absolute atomic E-state index is 0.187. The van der Waals surface area contributed by atoms with Gasteiger partial charge in [-0.25, -0.2) is 4.98 Å². The maximum atomic E-state index is 4.90. The number of nitrogens with zero attached hydrogens (tertiary/aromatic N) is 2. The Morgan fingerprint density at radius 1 is 1.39 bits per heavy atom. The second kappa shape index (κ2) is 5.04. The average molecular weight is 249 g/mol. The van der Waals surface area contributed by atoms with Crippen molar-refractivity contribution in [2.24, 2.45) is 0 Å². The minimum Gasteiger partial charge on any atom is -0.326 e. The van der Waals surface area contributed by atoms with Gasteiger partial charge in [-0.15, -0.1) is 0 Å². The van der Waals surface area contributed by atoms with Crippen molar-refractivity contribution in [3.05, 3.63) is 17.2 Å². The van der Waals surface area contributed by atoms with Gasteiger partial charge in [0.15, 0.2) is 0 Å². The third-order valence-electron chi connectivity index (χ3n) is 3.90. The summed E-state index contributed by atoms with van der Waals surface area (Å²) in [5.74, 6) is 1.76. The van der Waals surface area contributed by atoms with Gasteiger partial charge in [0.05, 0.1) is 5.69 Å². The summed E-state index contributed by atoms with van der Waals surface area (Å²) in [5, 5.41) is 3.43. The molecular formula is C15H27N3. The summed E-state index contributed by atoms with van der Waals surface area (Å²) in [6.07, 6.45) is 3.54. The van der Waals surface area contributed by atoms with Crippen LogP contribution in [-0.2, 0) is 18.5 Å². The van der Waals surface area contributed by atoms with Gasteiger partial charge in [0, 0.05) is 36.7 Å². The molecule has 3 heteroatoms. The first-order chi connectivity index (χ1) is 8.47. The highest BCUT2D eigenvalue weighted by atomic mass is 15.2. The van der Waals surface area contributed by atoms with Crippen molar-refractivity contribution in [1.29, 1.82) is 0 Å². The van der Waals surface area contributed by atoms with Gasteiger partial charge in [-0.2, -0.15) is 0 Å². The number of fused-ring (bicyclic) bond motifs is 1. The van der Waals surface area contributed by atoms with Crippen LogP contribution in [0.4, 0.5) is 0 Å². The molecule has 1 aromatic rings. The summed E-state index contributed by atoms with van der Waals surface area (Å²) >= 11 is 0. The molecule has 0 fully saturated rings. The predicted molar refractivity (Wildman–Crippen MR) is 76.0 cm³/mol. The van der Waals surface area contributed by atoms with Crippen LogP contribution in [0, 0.1) is 0 Å². The third kappa shape index (κ3) is 2.33. The molecule has 3 nitrogen and oxygen atoms in total. The molecule has 18 heavy (non-hydrogen) atoms. The zero-order valence-electron chi connectivity index (χ0n) is 12.5. The Balaban J connectivity index is 2.52. The van der Waals surface area contributed by atoms with E-state index < -0.39 is 0 Å². The van der Waals surface area contributed by atoms with Gasteiger partial charge in [-0.1, -0.05) is 27.2 Å². The van der Waals surface area contributed by atoms with Gasteiger partial charge in [0.2, 0.25) is 0 Å². The lowest BCUT2D eigenvalue weighted by atomic mass is 9.96. The molecule has 2 heterocycles. The highest BCUT2D eigenvalue weighted by molar-refractivity contribution is 5.23. The van der Waals surface area contributed by atoms with Crippen molar-refractivity contribution >= 4 is 0 Å². The zero-order chi connectivity index (χ0) is 13.3. The summed E-state index contributed by atoms with van der Waals surface area (Å²) in [6.45, 7) is 13.5. The molecule has 102 valence electrons. The Kier molecular flexibility index (Phi) is 3.81. The van der Waals surface area contributed by atoms with Crippen molar-refractivity contribution in [3.63, 3.8) is 0 Å². The Morgan fingerprint density at radius 2 is 2.11 bits per heavy atom. The van der Waals surface area contributed by atoms with Crippen LogP contribution in [0.25, 0.3) is 0 Å². The Labute approximate surface area is 111 Å². The van der Waals surface area contributed by atoms with E-state index in [4.69, 9.17) is 4.98 Å². The molecule has 0 saturated carbocycles. The fourth-order valence-electron chi connectivity index (χ4n) is 3.12. The van der Waals surface area contributed by atoms with Crippen molar-refractivity contribution < 1.29 is 0 Å². The van der Waals surface area contributed by atoms with E-state index in [0.717, 1.165) is 19.5 Å². The van der Waals surface area contributed by atoms with E-state index in [2.05, 4.69) is 44.5 Å². The number of imidazole rings is 1. The number of aromatic nitrogens is 2. The summed E-state index contributed by atoms with van der Waals surface area (Å²) in [7, 11) is 0. The van der Waals surface area contributed by atoms with Gasteiger partial charge >= 0.3 is 0 Å². The molecule has 2 rings (SSSR count). The lowest BCUT2D eigenvalue weighted by Crippen LogP contribution is -2.33. The number of nitrogens with one attached hydrogen (secondary N) is 1. The lowest BCUT2D eigenvalue weighted by Gasteiger charge is -2.32. The standard InChI is InChI=1S/C15H27N3/c1-6-8-15(4,5)18-13-7-9-16-10-12(13)17-14(18)11(2)3/h11,16H,6-10H2,1-5H3. The normalized spacial score (nSPS) is 16.1. The molecule has 0 atom stereocenters. The highest BCUT2D eigenvalue weighted by Crippen LogP contribution is 2.31. The van der Waals surface area contributed by atoms with E-state index >= 15 is 0 Å². The molecule has 1 aliphatic heterocycles. The van der Waals surface area contributed by atoms with E-state index in [1.807, 2.05) is 0 Å². The van der Waals surface area contributed by atoms with Crippen molar-refractivity contribution in [2.45, 2.75) is 71.9 Å². The van der Waals surface area contributed by atoms with Gasteiger partial charge in [0.25, 0.3) is 0 Å². The van der Waals surface area contributed by atoms with E-state index in [-0.39, 0.29) is 5.54 Å². The molecule has 0 unspecified atom stereocenters. The summed E-state index contributed by atoms with van der Waals surface area (Å²) in [6, 6.07) is 0. The van der Waals surface area contributed by atoms with Crippen molar-refractivity contribution in [2.75, 3.05) is 6.54 Å². The second-order valence-corrected chi connectivity index (χ2v) is 6.34. The quantitative estimate of drug-likeness (QED) is 0.888. The summed E-state index contributed by atoms with van der Waals surface area (Å²) < 4.78 is 2.54. The van der Waals surface area contributed by atoms with Crippen LogP contribution in [0.3, 0.4) is 0 Å². The van der Waals surface area contributed by atoms with Crippen molar-refractivity contribution in [1.82, 2.24) is 14.9 Å². The molecular weight excluding hydrogens is 222 g/mol. The third-order valence-corrected chi connectivity index (χ3v) is 3.90. The van der Waals surface area contributed by atoms with Gasteiger partial charge < -0.3 is 9.88 Å². The molecule has 1 N–H and O–H groups in total. The number of hydrogen-bond donors (Lipinski definition) is 1. The maximum Gasteiger partial charge on any atom is 0.112 e. The maximum absolute atomic E-state index is 4.90. The Hall–Kier alpha value is -0.830. The van der Waals surface area contributed by atoms with E-state index in [1.54, 1.807) is 0 Å². The number of hydrogen-bond acceptors (Lipinski definition) is 2. The SMILES string of the molecule is CCCC(C)(C)n1c(C(C)C)nc2c1CCNC2. The largest absolute Gasteiger partial charge is 0.326 e.